The molecule has 2 nitrogen and oxygen atoms in total. The van der Waals surface area contributed by atoms with Gasteiger partial charge in [-0.2, -0.15) is 0 Å². The number of nitrogens with zero attached hydrogens (tertiary/aromatic N) is 1. The smallest absolute Gasteiger partial charge is 0.00671 e. The van der Waals surface area contributed by atoms with Crippen molar-refractivity contribution < 1.29 is 0 Å². The van der Waals surface area contributed by atoms with E-state index < -0.39 is 0 Å². The molecule has 0 aromatic carbocycles. The van der Waals surface area contributed by atoms with Crippen molar-refractivity contribution in [3.05, 3.63) is 0 Å². The van der Waals surface area contributed by atoms with Crippen LogP contribution >= 0.6 is 0 Å². The first-order valence-corrected chi connectivity index (χ1v) is 13.6. The van der Waals surface area contributed by atoms with Gasteiger partial charge in [0.2, 0.25) is 0 Å². The van der Waals surface area contributed by atoms with Crippen LogP contribution in [0, 0.1) is 5.92 Å². The Hall–Kier alpha value is -0.0800. The summed E-state index contributed by atoms with van der Waals surface area (Å²) in [6.07, 6.45) is 24.0. The summed E-state index contributed by atoms with van der Waals surface area (Å²) in [5.41, 5.74) is 0. The number of hydrogen-bond donors (Lipinski definition) is 1. The number of unbranched alkanes of at least 4 members (excludes halogenated alkanes) is 12. The molecule has 0 radical (unpaired) electrons. The molecule has 0 aromatic rings. The van der Waals surface area contributed by atoms with Crippen molar-refractivity contribution in [2.75, 3.05) is 26.7 Å². The van der Waals surface area contributed by atoms with Crippen LogP contribution in [-0.2, 0) is 0 Å². The minimum Gasteiger partial charge on any atom is -0.314 e. The van der Waals surface area contributed by atoms with Gasteiger partial charge in [0.05, 0.1) is 0 Å². The minimum absolute atomic E-state index is 0.752. The summed E-state index contributed by atoms with van der Waals surface area (Å²) in [5, 5.41) is 4.00. The van der Waals surface area contributed by atoms with Gasteiger partial charge in [-0.05, 0) is 38.9 Å². The van der Waals surface area contributed by atoms with Gasteiger partial charge >= 0.3 is 0 Å². The fraction of sp³-hybridized carbons (Fsp3) is 1.00. The van der Waals surface area contributed by atoms with Crippen LogP contribution in [0.5, 0.6) is 0 Å². The molecule has 0 saturated carbocycles. The Kier molecular flexibility index (Phi) is 22.5. The van der Waals surface area contributed by atoms with Crippen molar-refractivity contribution in [3.63, 3.8) is 0 Å². The van der Waals surface area contributed by atoms with E-state index in [1.165, 1.54) is 122 Å². The molecule has 176 valence electrons. The molecule has 0 bridgehead atoms. The van der Waals surface area contributed by atoms with E-state index in [0.717, 1.165) is 18.5 Å². The number of hydrogen-bond acceptors (Lipinski definition) is 2. The lowest BCUT2D eigenvalue weighted by Crippen LogP contribution is -2.37. The van der Waals surface area contributed by atoms with E-state index in [0.29, 0.717) is 0 Å². The van der Waals surface area contributed by atoms with E-state index in [1.807, 2.05) is 0 Å². The Labute approximate surface area is 186 Å². The standard InChI is InChI=1S/C27H58N2/c1-6-10-12-14-16-18-20-22-27(23-21-19-17-15-13-11-7-2)28-24-26(8-3)25-29(5)9-4/h26-28H,6-25H2,1-5H3. The summed E-state index contributed by atoms with van der Waals surface area (Å²) in [5.74, 6) is 0.797. The monoisotopic (exact) mass is 410 g/mol. The summed E-state index contributed by atoms with van der Waals surface area (Å²) < 4.78 is 0. The largest absolute Gasteiger partial charge is 0.314 e. The molecule has 0 heterocycles. The first-order valence-electron chi connectivity index (χ1n) is 13.6. The third kappa shape index (κ3) is 19.6. The van der Waals surface area contributed by atoms with E-state index >= 15 is 0 Å². The zero-order chi connectivity index (χ0) is 21.6. The number of nitrogens with one attached hydrogen (secondary N) is 1. The van der Waals surface area contributed by atoms with Gasteiger partial charge in [-0.15, -0.1) is 0 Å². The Balaban J connectivity index is 4.14. The van der Waals surface area contributed by atoms with Crippen molar-refractivity contribution in [2.45, 2.75) is 143 Å². The molecule has 1 unspecified atom stereocenters. The average molecular weight is 411 g/mol. The van der Waals surface area contributed by atoms with Crippen LogP contribution in [0.1, 0.15) is 137 Å². The third-order valence-corrected chi connectivity index (χ3v) is 6.69. The highest BCUT2D eigenvalue weighted by atomic mass is 15.1. The third-order valence-electron chi connectivity index (χ3n) is 6.69. The molecular weight excluding hydrogens is 352 g/mol. The predicted octanol–water partition coefficient (Wildman–Crippen LogP) is 8.20. The molecule has 2 heteroatoms. The van der Waals surface area contributed by atoms with Crippen molar-refractivity contribution in [2.24, 2.45) is 5.92 Å². The Morgan fingerprint density at radius 3 is 1.48 bits per heavy atom. The second kappa shape index (κ2) is 22.6. The molecule has 29 heavy (non-hydrogen) atoms. The molecule has 0 rings (SSSR count). The van der Waals surface area contributed by atoms with Crippen molar-refractivity contribution in [1.29, 1.82) is 0 Å². The molecule has 1 N–H and O–H groups in total. The quantitative estimate of drug-likeness (QED) is 0.171. The highest BCUT2D eigenvalue weighted by molar-refractivity contribution is 4.72. The van der Waals surface area contributed by atoms with Gasteiger partial charge in [0.15, 0.2) is 0 Å². The van der Waals surface area contributed by atoms with Gasteiger partial charge in [0.25, 0.3) is 0 Å². The van der Waals surface area contributed by atoms with Crippen LogP contribution in [0.15, 0.2) is 0 Å². The first kappa shape index (κ1) is 28.9. The van der Waals surface area contributed by atoms with Crippen LogP contribution in [0.3, 0.4) is 0 Å². The number of rotatable bonds is 23. The predicted molar refractivity (Wildman–Crippen MR) is 134 cm³/mol. The van der Waals surface area contributed by atoms with E-state index in [9.17, 15) is 0 Å². The van der Waals surface area contributed by atoms with E-state index in [-0.39, 0.29) is 0 Å². The lowest BCUT2D eigenvalue weighted by atomic mass is 9.98. The van der Waals surface area contributed by atoms with Crippen molar-refractivity contribution in [1.82, 2.24) is 10.2 Å². The molecule has 0 amide bonds. The molecule has 0 aliphatic heterocycles. The molecule has 0 aromatic heterocycles. The topological polar surface area (TPSA) is 15.3 Å². The highest BCUT2D eigenvalue weighted by Crippen LogP contribution is 2.16. The molecule has 0 aliphatic carbocycles. The Morgan fingerprint density at radius 1 is 0.621 bits per heavy atom. The maximum atomic E-state index is 4.00. The molecule has 0 saturated heterocycles. The van der Waals surface area contributed by atoms with Crippen molar-refractivity contribution >= 4 is 0 Å². The fourth-order valence-corrected chi connectivity index (χ4v) is 4.29. The van der Waals surface area contributed by atoms with Crippen LogP contribution in [0.25, 0.3) is 0 Å². The molecular formula is C27H58N2. The maximum absolute atomic E-state index is 4.00. The van der Waals surface area contributed by atoms with Crippen molar-refractivity contribution in [3.8, 4) is 0 Å². The summed E-state index contributed by atoms with van der Waals surface area (Å²) in [6.45, 7) is 12.8. The highest BCUT2D eigenvalue weighted by Gasteiger charge is 2.13. The van der Waals surface area contributed by atoms with Gasteiger partial charge in [-0.1, -0.05) is 124 Å². The van der Waals surface area contributed by atoms with Gasteiger partial charge in [0, 0.05) is 12.6 Å². The summed E-state index contributed by atoms with van der Waals surface area (Å²) >= 11 is 0. The molecule has 0 aliphatic rings. The molecule has 0 spiro atoms. The van der Waals surface area contributed by atoms with E-state index in [1.54, 1.807) is 0 Å². The summed E-state index contributed by atoms with van der Waals surface area (Å²) in [4.78, 5) is 2.47. The van der Waals surface area contributed by atoms with Crippen LogP contribution in [0.2, 0.25) is 0 Å². The lowest BCUT2D eigenvalue weighted by Gasteiger charge is -2.26. The second-order valence-electron chi connectivity index (χ2n) is 9.55. The fourth-order valence-electron chi connectivity index (χ4n) is 4.29. The maximum Gasteiger partial charge on any atom is 0.00671 e. The average Bonchev–Trinajstić information content (AvgIpc) is 2.74. The SMILES string of the molecule is CCCCCCCCCC(CCCCCCCCC)NCC(CC)CN(C)CC. The molecule has 0 fully saturated rings. The van der Waals surface area contributed by atoms with E-state index in [4.69, 9.17) is 0 Å². The van der Waals surface area contributed by atoms with Crippen LogP contribution in [-0.4, -0.2) is 37.6 Å². The Morgan fingerprint density at radius 2 is 1.07 bits per heavy atom. The van der Waals surface area contributed by atoms with E-state index in [2.05, 4.69) is 45.0 Å². The summed E-state index contributed by atoms with van der Waals surface area (Å²) in [7, 11) is 2.26. The minimum atomic E-state index is 0.752. The lowest BCUT2D eigenvalue weighted by molar-refractivity contribution is 0.266. The van der Waals surface area contributed by atoms with Gasteiger partial charge in [0.1, 0.15) is 0 Å². The van der Waals surface area contributed by atoms with Gasteiger partial charge in [-0.25, -0.2) is 0 Å². The summed E-state index contributed by atoms with van der Waals surface area (Å²) in [6, 6.07) is 0.752. The van der Waals surface area contributed by atoms with Gasteiger partial charge < -0.3 is 10.2 Å². The molecule has 1 atom stereocenters. The zero-order valence-corrected chi connectivity index (χ0v) is 21.2. The zero-order valence-electron chi connectivity index (χ0n) is 21.2. The van der Waals surface area contributed by atoms with Crippen LogP contribution < -0.4 is 5.32 Å². The Bertz CT molecular complexity index is 287. The van der Waals surface area contributed by atoms with Gasteiger partial charge in [-0.3, -0.25) is 0 Å². The second-order valence-corrected chi connectivity index (χ2v) is 9.55. The van der Waals surface area contributed by atoms with Crippen LogP contribution in [0.4, 0.5) is 0 Å². The first-order chi connectivity index (χ1) is 14.2. The normalized spacial score (nSPS) is 12.9.